The molecule has 1 aromatic heterocycles. The number of rotatable bonds is 10. The number of nitrogens with zero attached hydrogens (tertiary/aromatic N) is 3. The van der Waals surface area contributed by atoms with Gasteiger partial charge in [-0.2, -0.15) is 26.3 Å². The van der Waals surface area contributed by atoms with Crippen LogP contribution in [0.1, 0.15) is 63.7 Å². The number of carbonyl (C=O) groups excluding carboxylic acids is 1. The molecule has 0 radical (unpaired) electrons. The molecule has 0 bridgehead atoms. The number of ether oxygens (including phenoxy) is 2. The highest BCUT2D eigenvalue weighted by molar-refractivity contribution is 5.89. The van der Waals surface area contributed by atoms with Crippen molar-refractivity contribution in [3.8, 4) is 17.0 Å². The van der Waals surface area contributed by atoms with E-state index in [1.54, 1.807) is 18.3 Å². The highest BCUT2D eigenvalue weighted by atomic mass is 19.4. The monoisotopic (exact) mass is 689 g/mol. The number of piperidine rings is 2. The Kier molecular flexibility index (Phi) is 13.7. The van der Waals surface area contributed by atoms with Gasteiger partial charge in [-0.1, -0.05) is 12.1 Å². The minimum Gasteiger partial charge on any atom is -0.492 e. The standard InChI is InChI=1S/C24H29F3N2O3.C11H20F3NO/c1-23(2,24(25,26)27)16-29-12-10-17(11-13-29)15-32-20-8-9-21(28-14-20)18-4-6-19(7-5-18)22(30)31-3;1-10(2,11(12,13)14)8-15-5-3-9(7-16)4-6-15/h4-9,14,17H,10-13,15-16H2,1-3H3;9,16H,3-8H2,1-2H3. The van der Waals surface area contributed by atoms with E-state index in [4.69, 9.17) is 14.6 Å². The van der Waals surface area contributed by atoms with Crippen molar-refractivity contribution in [3.63, 3.8) is 0 Å². The number of carbonyl (C=O) groups is 1. The molecule has 48 heavy (non-hydrogen) atoms. The van der Waals surface area contributed by atoms with E-state index in [1.807, 2.05) is 34.1 Å². The fourth-order valence-corrected chi connectivity index (χ4v) is 5.68. The van der Waals surface area contributed by atoms with Crippen molar-refractivity contribution in [1.82, 2.24) is 14.8 Å². The number of alkyl halides is 6. The zero-order valence-electron chi connectivity index (χ0n) is 28.5. The molecule has 2 aromatic rings. The lowest BCUT2D eigenvalue weighted by atomic mass is 9.89. The van der Waals surface area contributed by atoms with Crippen LogP contribution in [0.2, 0.25) is 0 Å². The van der Waals surface area contributed by atoms with Crippen molar-refractivity contribution in [2.45, 2.75) is 65.7 Å². The second kappa shape index (κ2) is 16.7. The number of methoxy groups -OCH3 is 1. The third-order valence-corrected chi connectivity index (χ3v) is 9.27. The molecule has 1 aromatic carbocycles. The highest BCUT2D eigenvalue weighted by Gasteiger charge is 2.49. The molecule has 1 N–H and O–H groups in total. The predicted molar refractivity (Wildman–Crippen MR) is 172 cm³/mol. The molecule has 7 nitrogen and oxygen atoms in total. The van der Waals surface area contributed by atoms with E-state index < -0.39 is 23.2 Å². The summed E-state index contributed by atoms with van der Waals surface area (Å²) in [6.07, 6.45) is -3.48. The molecular formula is C35H49F6N3O4. The van der Waals surface area contributed by atoms with Crippen molar-refractivity contribution < 1.29 is 45.7 Å². The van der Waals surface area contributed by atoms with Crippen molar-refractivity contribution in [3.05, 3.63) is 48.2 Å². The maximum Gasteiger partial charge on any atom is 0.395 e. The van der Waals surface area contributed by atoms with Crippen molar-refractivity contribution >= 4 is 5.97 Å². The largest absolute Gasteiger partial charge is 0.492 e. The van der Waals surface area contributed by atoms with Crippen molar-refractivity contribution in [1.29, 1.82) is 0 Å². The van der Waals surface area contributed by atoms with Gasteiger partial charge >= 0.3 is 18.3 Å². The predicted octanol–water partition coefficient (Wildman–Crippen LogP) is 7.49. The molecule has 0 saturated carbocycles. The number of halogens is 6. The molecule has 4 rings (SSSR count). The summed E-state index contributed by atoms with van der Waals surface area (Å²) in [4.78, 5) is 19.7. The number of pyridine rings is 1. The van der Waals surface area contributed by atoms with Gasteiger partial charge in [-0.15, -0.1) is 0 Å². The maximum atomic E-state index is 13.1. The van der Waals surface area contributed by atoms with Gasteiger partial charge in [0.1, 0.15) is 5.75 Å². The average molecular weight is 690 g/mol. The Bertz CT molecular complexity index is 1270. The maximum absolute atomic E-state index is 13.1. The first-order valence-corrected chi connectivity index (χ1v) is 16.3. The molecule has 2 saturated heterocycles. The molecule has 2 aliphatic heterocycles. The van der Waals surface area contributed by atoms with Crippen LogP contribution in [0.5, 0.6) is 5.75 Å². The normalized spacial score (nSPS) is 17.8. The third-order valence-electron chi connectivity index (χ3n) is 9.27. The van der Waals surface area contributed by atoms with Crippen LogP contribution in [0.25, 0.3) is 11.3 Å². The average Bonchev–Trinajstić information content (AvgIpc) is 3.04. The van der Waals surface area contributed by atoms with E-state index in [0.29, 0.717) is 50.0 Å². The Morgan fingerprint density at radius 3 is 1.67 bits per heavy atom. The van der Waals surface area contributed by atoms with Gasteiger partial charge in [-0.3, -0.25) is 4.98 Å². The lowest BCUT2D eigenvalue weighted by Crippen LogP contribution is -2.46. The molecule has 0 amide bonds. The van der Waals surface area contributed by atoms with E-state index in [9.17, 15) is 31.1 Å². The Hall–Kier alpha value is -2.90. The number of likely N-dealkylation sites (tertiary alicyclic amines) is 2. The van der Waals surface area contributed by atoms with Crippen LogP contribution in [0.15, 0.2) is 42.6 Å². The second-order valence-electron chi connectivity index (χ2n) is 14.1. The molecule has 3 heterocycles. The number of benzene rings is 1. The zero-order chi connectivity index (χ0) is 35.8. The number of hydrogen-bond acceptors (Lipinski definition) is 7. The first kappa shape index (κ1) is 39.5. The summed E-state index contributed by atoms with van der Waals surface area (Å²) in [5.41, 5.74) is -1.25. The molecule has 0 aliphatic carbocycles. The van der Waals surface area contributed by atoms with E-state index in [2.05, 4.69) is 4.98 Å². The topological polar surface area (TPSA) is 75.1 Å². The van der Waals surface area contributed by atoms with Crippen molar-refractivity contribution in [2.75, 3.05) is 59.6 Å². The van der Waals surface area contributed by atoms with E-state index in [1.165, 1.54) is 34.8 Å². The van der Waals surface area contributed by atoms with Crippen LogP contribution in [0.3, 0.4) is 0 Å². The molecule has 270 valence electrons. The first-order valence-electron chi connectivity index (χ1n) is 16.3. The van der Waals surface area contributed by atoms with Crippen LogP contribution in [-0.2, 0) is 4.74 Å². The molecule has 2 fully saturated rings. The van der Waals surface area contributed by atoms with E-state index in [0.717, 1.165) is 36.9 Å². The van der Waals surface area contributed by atoms with E-state index >= 15 is 0 Å². The number of aromatic nitrogens is 1. The number of aliphatic hydroxyl groups excluding tert-OH is 1. The Balaban J connectivity index is 0.000000328. The van der Waals surface area contributed by atoms with Crippen LogP contribution in [0, 0.1) is 22.7 Å². The fraction of sp³-hybridized carbons (Fsp3) is 0.657. The fourth-order valence-electron chi connectivity index (χ4n) is 5.68. The summed E-state index contributed by atoms with van der Waals surface area (Å²) in [6.45, 7) is 8.34. The number of esters is 1. The second-order valence-corrected chi connectivity index (χ2v) is 14.1. The first-order chi connectivity index (χ1) is 22.3. The Labute approximate surface area is 279 Å². The lowest BCUT2D eigenvalue weighted by molar-refractivity contribution is -0.217. The summed E-state index contributed by atoms with van der Waals surface area (Å²) >= 11 is 0. The van der Waals surface area contributed by atoms with Gasteiger partial charge in [0.25, 0.3) is 0 Å². The summed E-state index contributed by atoms with van der Waals surface area (Å²) in [7, 11) is 1.34. The molecular weight excluding hydrogens is 640 g/mol. The zero-order valence-corrected chi connectivity index (χ0v) is 28.5. The van der Waals surface area contributed by atoms with Crippen LogP contribution in [-0.4, -0.2) is 97.8 Å². The van der Waals surface area contributed by atoms with Gasteiger partial charge in [0.15, 0.2) is 0 Å². The van der Waals surface area contributed by atoms with Gasteiger partial charge < -0.3 is 24.4 Å². The molecule has 0 atom stereocenters. The molecule has 13 heteroatoms. The van der Waals surface area contributed by atoms with Gasteiger partial charge in [-0.25, -0.2) is 4.79 Å². The van der Waals surface area contributed by atoms with Gasteiger partial charge in [0.2, 0.25) is 0 Å². The molecule has 2 aliphatic rings. The Morgan fingerprint density at radius 2 is 1.27 bits per heavy atom. The lowest BCUT2D eigenvalue weighted by Gasteiger charge is -2.38. The minimum atomic E-state index is -4.20. The number of aliphatic hydroxyl groups is 1. The number of hydrogen-bond donors (Lipinski definition) is 1. The summed E-state index contributed by atoms with van der Waals surface area (Å²) in [5, 5.41) is 8.94. The van der Waals surface area contributed by atoms with Crippen LogP contribution < -0.4 is 4.74 Å². The summed E-state index contributed by atoms with van der Waals surface area (Å²) in [5.74, 6) is 0.847. The molecule has 0 unspecified atom stereocenters. The van der Waals surface area contributed by atoms with Gasteiger partial charge in [0, 0.05) is 25.3 Å². The quantitative estimate of drug-likeness (QED) is 0.205. The summed E-state index contributed by atoms with van der Waals surface area (Å²) in [6, 6.07) is 10.7. The Morgan fingerprint density at radius 1 is 0.792 bits per heavy atom. The van der Waals surface area contributed by atoms with Gasteiger partial charge in [-0.05, 0) is 116 Å². The van der Waals surface area contributed by atoms with E-state index in [-0.39, 0.29) is 31.6 Å². The molecule has 0 spiro atoms. The van der Waals surface area contributed by atoms with Crippen LogP contribution >= 0.6 is 0 Å². The third kappa shape index (κ3) is 11.3. The summed E-state index contributed by atoms with van der Waals surface area (Å²) < 4.78 is 87.9. The van der Waals surface area contributed by atoms with Crippen molar-refractivity contribution in [2.24, 2.45) is 22.7 Å². The minimum absolute atomic E-state index is 0.0239. The van der Waals surface area contributed by atoms with Crippen LogP contribution in [0.4, 0.5) is 26.3 Å². The van der Waals surface area contributed by atoms with Gasteiger partial charge in [0.05, 0.1) is 42.0 Å². The highest BCUT2D eigenvalue weighted by Crippen LogP contribution is 2.39. The smallest absolute Gasteiger partial charge is 0.395 e. The SMILES string of the molecule is CC(C)(CN1CCC(CO)CC1)C(F)(F)F.COC(=O)c1ccc(-c2ccc(OCC3CCN(CC(C)(C)C(F)(F)F)CC3)cn2)cc1.